The van der Waals surface area contributed by atoms with Crippen LogP contribution in [-0.4, -0.2) is 21.6 Å². The average molecular weight is 472 g/mol. The topological polar surface area (TPSA) is 116 Å². The van der Waals surface area contributed by atoms with Gasteiger partial charge in [0, 0.05) is 28.4 Å². The number of fused-ring (bicyclic) bond motifs is 1. The summed E-state index contributed by atoms with van der Waals surface area (Å²) < 4.78 is 26.7. The minimum atomic E-state index is -0.672. The average Bonchev–Trinajstić information content (AvgIpc) is 3.54. The molecule has 0 fully saturated rings. The Balaban J connectivity index is 1.75. The highest BCUT2D eigenvalue weighted by molar-refractivity contribution is 5.93. The van der Waals surface area contributed by atoms with Crippen molar-refractivity contribution >= 4 is 22.3 Å². The summed E-state index contributed by atoms with van der Waals surface area (Å²) in [4.78, 5) is 12.7. The van der Waals surface area contributed by atoms with Crippen LogP contribution >= 0.6 is 0 Å². The number of furan rings is 1. The number of aromatic amines is 1. The lowest BCUT2D eigenvalue weighted by Gasteiger charge is -2.20. The molecule has 5 N–H and O–H groups in total. The van der Waals surface area contributed by atoms with Gasteiger partial charge in [-0.2, -0.15) is 0 Å². The third-order valence-electron chi connectivity index (χ3n) is 6.03. The van der Waals surface area contributed by atoms with Crippen LogP contribution in [0.4, 0.5) is 15.9 Å². The van der Waals surface area contributed by atoms with Gasteiger partial charge in [0.15, 0.2) is 11.6 Å². The molecule has 8 heteroatoms. The highest BCUT2D eigenvalue weighted by Gasteiger charge is 2.28. The van der Waals surface area contributed by atoms with Gasteiger partial charge in [-0.05, 0) is 60.7 Å². The van der Waals surface area contributed by atoms with Gasteiger partial charge in [0.1, 0.15) is 11.6 Å². The summed E-state index contributed by atoms with van der Waals surface area (Å²) >= 11 is 0. The molecule has 0 aliphatic rings. The Labute approximate surface area is 202 Å². The van der Waals surface area contributed by atoms with E-state index in [1.54, 1.807) is 30.9 Å². The Hall–Kier alpha value is -4.33. The number of nitrogens with one attached hydrogen (secondary N) is 1. The van der Waals surface area contributed by atoms with E-state index in [1.807, 2.05) is 44.2 Å². The van der Waals surface area contributed by atoms with Crippen LogP contribution in [0.5, 0.6) is 5.75 Å². The van der Waals surface area contributed by atoms with E-state index in [2.05, 4.69) is 9.97 Å². The number of ether oxygens (including phenoxy) is 1. The second-order valence-corrected chi connectivity index (χ2v) is 8.31. The van der Waals surface area contributed by atoms with Gasteiger partial charge < -0.3 is 25.6 Å². The summed E-state index contributed by atoms with van der Waals surface area (Å²) in [7, 11) is 0. The van der Waals surface area contributed by atoms with Gasteiger partial charge in [-0.25, -0.2) is 14.4 Å². The number of hydrogen-bond donors (Lipinski definition) is 3. The van der Waals surface area contributed by atoms with Crippen molar-refractivity contribution in [1.29, 1.82) is 0 Å². The number of halogens is 1. The molecule has 0 radical (unpaired) electrons. The molecule has 0 saturated carbocycles. The van der Waals surface area contributed by atoms with E-state index in [0.717, 1.165) is 21.9 Å². The zero-order chi connectivity index (χ0) is 24.5. The van der Waals surface area contributed by atoms with Crippen LogP contribution in [0.25, 0.3) is 22.0 Å². The van der Waals surface area contributed by atoms with Crippen LogP contribution < -0.4 is 16.2 Å². The number of H-pyrrole nitrogens is 1. The van der Waals surface area contributed by atoms with Gasteiger partial charge in [0.05, 0.1) is 36.4 Å². The molecule has 2 aromatic carbocycles. The lowest BCUT2D eigenvalue weighted by Crippen LogP contribution is -2.12. The Morgan fingerprint density at radius 1 is 1.09 bits per heavy atom. The normalized spacial score (nSPS) is 12.2. The first-order valence-corrected chi connectivity index (χ1v) is 11.5. The van der Waals surface area contributed by atoms with E-state index in [4.69, 9.17) is 25.6 Å². The number of benzene rings is 2. The van der Waals surface area contributed by atoms with Crippen molar-refractivity contribution in [2.45, 2.75) is 26.2 Å². The smallest absolute Gasteiger partial charge is 0.169 e. The molecule has 178 valence electrons. The van der Waals surface area contributed by atoms with Crippen molar-refractivity contribution < 1.29 is 13.5 Å². The molecule has 7 nitrogen and oxygen atoms in total. The van der Waals surface area contributed by atoms with E-state index in [1.165, 1.54) is 0 Å². The SMILES string of the molecule is CCOc1cc(CC)cc(C(c2cc3cc(N)ccc3c(N)n2)c2nc(-c3ccoc3)c[nH]2)c1F. The highest BCUT2D eigenvalue weighted by Crippen LogP contribution is 2.38. The number of pyridine rings is 1. The fourth-order valence-corrected chi connectivity index (χ4v) is 4.32. The maximum Gasteiger partial charge on any atom is 0.169 e. The Morgan fingerprint density at radius 2 is 1.94 bits per heavy atom. The predicted octanol–water partition coefficient (Wildman–Crippen LogP) is 5.66. The Kier molecular flexibility index (Phi) is 5.86. The van der Waals surface area contributed by atoms with E-state index in [0.29, 0.717) is 47.3 Å². The fraction of sp³-hybridized carbons (Fsp3) is 0.185. The van der Waals surface area contributed by atoms with Crippen molar-refractivity contribution in [3.63, 3.8) is 0 Å². The van der Waals surface area contributed by atoms with Crippen molar-refractivity contribution in [2.75, 3.05) is 18.1 Å². The largest absolute Gasteiger partial charge is 0.491 e. The molecule has 0 aliphatic carbocycles. The van der Waals surface area contributed by atoms with Crippen molar-refractivity contribution in [3.05, 3.63) is 89.7 Å². The third kappa shape index (κ3) is 4.19. The summed E-state index contributed by atoms with van der Waals surface area (Å²) in [5.74, 6) is -0.0727. The standard InChI is InChI=1S/C27H26FN5O2/c1-3-15-9-20(25(28)23(10-15)35-4-2)24(27-31-13-22(33-27)16-7-8-34-14-16)21-12-17-11-18(29)5-6-19(17)26(30)32-21/h5-14,24H,3-4,29H2,1-2H3,(H2,30,32)(H,31,33). The second kappa shape index (κ2) is 9.13. The molecular formula is C27H26FN5O2. The van der Waals surface area contributed by atoms with Gasteiger partial charge in [-0.3, -0.25) is 0 Å². The minimum absolute atomic E-state index is 0.200. The second-order valence-electron chi connectivity index (χ2n) is 8.31. The number of aryl methyl sites for hydroxylation is 1. The predicted molar refractivity (Wildman–Crippen MR) is 135 cm³/mol. The Bertz CT molecular complexity index is 1490. The van der Waals surface area contributed by atoms with Gasteiger partial charge in [-0.1, -0.05) is 13.0 Å². The summed E-state index contributed by atoms with van der Waals surface area (Å²) in [6.07, 6.45) is 5.66. The molecule has 5 aromatic rings. The molecule has 3 aromatic heterocycles. The van der Waals surface area contributed by atoms with Crippen molar-refractivity contribution in [3.8, 4) is 17.0 Å². The zero-order valence-corrected chi connectivity index (χ0v) is 19.5. The van der Waals surface area contributed by atoms with Crippen LogP contribution in [0.15, 0.2) is 65.6 Å². The molecule has 0 bridgehead atoms. The number of rotatable bonds is 7. The number of nitrogen functional groups attached to an aromatic ring is 2. The molecule has 0 aliphatic heterocycles. The molecule has 1 unspecified atom stereocenters. The first kappa shape index (κ1) is 22.5. The maximum atomic E-state index is 15.9. The van der Waals surface area contributed by atoms with Gasteiger partial charge >= 0.3 is 0 Å². The van der Waals surface area contributed by atoms with Crippen LogP contribution in [-0.2, 0) is 6.42 Å². The fourth-order valence-electron chi connectivity index (χ4n) is 4.32. The minimum Gasteiger partial charge on any atom is -0.491 e. The van der Waals surface area contributed by atoms with Gasteiger partial charge in [0.25, 0.3) is 0 Å². The monoisotopic (exact) mass is 471 g/mol. The first-order valence-electron chi connectivity index (χ1n) is 11.5. The number of nitrogens with zero attached hydrogens (tertiary/aromatic N) is 2. The lowest BCUT2D eigenvalue weighted by atomic mass is 9.90. The molecule has 35 heavy (non-hydrogen) atoms. The Morgan fingerprint density at radius 3 is 2.69 bits per heavy atom. The van der Waals surface area contributed by atoms with Crippen LogP contribution in [0.3, 0.4) is 0 Å². The van der Waals surface area contributed by atoms with Crippen LogP contribution in [0, 0.1) is 5.82 Å². The number of hydrogen-bond acceptors (Lipinski definition) is 6. The van der Waals surface area contributed by atoms with Crippen molar-refractivity contribution in [2.24, 2.45) is 0 Å². The summed E-state index contributed by atoms with van der Waals surface area (Å²) in [5, 5.41) is 1.59. The summed E-state index contributed by atoms with van der Waals surface area (Å²) in [6, 6.07) is 12.7. The molecule has 0 saturated heterocycles. The zero-order valence-electron chi connectivity index (χ0n) is 19.5. The molecule has 5 rings (SSSR count). The van der Waals surface area contributed by atoms with Gasteiger partial charge in [0.2, 0.25) is 0 Å². The van der Waals surface area contributed by atoms with Crippen LogP contribution in [0.2, 0.25) is 0 Å². The molecule has 0 spiro atoms. The van der Waals surface area contributed by atoms with Gasteiger partial charge in [-0.15, -0.1) is 0 Å². The highest BCUT2D eigenvalue weighted by atomic mass is 19.1. The maximum absolute atomic E-state index is 15.9. The molecule has 1 atom stereocenters. The van der Waals surface area contributed by atoms with E-state index in [-0.39, 0.29) is 5.75 Å². The van der Waals surface area contributed by atoms with E-state index < -0.39 is 11.7 Å². The summed E-state index contributed by atoms with van der Waals surface area (Å²) in [6.45, 7) is 4.19. The molecule has 3 heterocycles. The van der Waals surface area contributed by atoms with Crippen LogP contribution in [0.1, 0.15) is 42.4 Å². The van der Waals surface area contributed by atoms with Crippen molar-refractivity contribution in [1.82, 2.24) is 15.0 Å². The third-order valence-corrected chi connectivity index (χ3v) is 6.03. The van der Waals surface area contributed by atoms with E-state index >= 15 is 4.39 Å². The summed E-state index contributed by atoms with van der Waals surface area (Å²) in [5.41, 5.74) is 16.3. The molecule has 0 amide bonds. The lowest BCUT2D eigenvalue weighted by molar-refractivity contribution is 0.319. The number of aromatic nitrogens is 3. The number of anilines is 2. The number of nitrogens with two attached hydrogens (primary N) is 2. The quantitative estimate of drug-likeness (QED) is 0.264. The van der Waals surface area contributed by atoms with E-state index in [9.17, 15) is 0 Å². The molecular weight excluding hydrogens is 445 g/mol. The first-order chi connectivity index (χ1) is 17.0. The number of imidazole rings is 1.